The molecule has 6 nitrogen and oxygen atoms in total. The quantitative estimate of drug-likeness (QED) is 0.450. The molecule has 9 heteroatoms. The van der Waals surface area contributed by atoms with Crippen LogP contribution in [-0.4, -0.2) is 41.5 Å². The van der Waals surface area contributed by atoms with Gasteiger partial charge in [0.2, 0.25) is 6.41 Å². The van der Waals surface area contributed by atoms with Crippen molar-refractivity contribution >= 4 is 12.3 Å². The van der Waals surface area contributed by atoms with Gasteiger partial charge in [-0.25, -0.2) is 0 Å². The minimum atomic E-state index is -5.16. The molecule has 0 aliphatic heterocycles. The largest absolute Gasteiger partial charge is 0.439 e. The minimum absolute atomic E-state index is 0.0773. The molecular weight excluding hydrogens is 329 g/mol. The van der Waals surface area contributed by atoms with E-state index in [0.717, 1.165) is 13.2 Å². The van der Waals surface area contributed by atoms with Crippen LogP contribution in [0.5, 0.6) is 0 Å². The molecule has 1 aromatic carbocycles. The van der Waals surface area contributed by atoms with Gasteiger partial charge in [-0.2, -0.15) is 18.2 Å². The summed E-state index contributed by atoms with van der Waals surface area (Å²) in [6.07, 6.45) is -5.52. The number of nitrogens with zero attached hydrogens (tertiary/aromatic N) is 1. The lowest BCUT2D eigenvalue weighted by Gasteiger charge is -2.35. The molecule has 0 aliphatic carbocycles. The molecule has 0 fully saturated rings. The zero-order valence-electron chi connectivity index (χ0n) is 13.0. The molecule has 2 N–H and O–H groups in total. The molecule has 0 aromatic heterocycles. The summed E-state index contributed by atoms with van der Waals surface area (Å²) in [4.78, 5) is 26.8. The van der Waals surface area contributed by atoms with Crippen molar-refractivity contribution in [3.05, 3.63) is 47.7 Å². The fourth-order valence-corrected chi connectivity index (χ4v) is 1.80. The Balaban J connectivity index is 2.90. The molecule has 1 unspecified atom stereocenters. The van der Waals surface area contributed by atoms with Gasteiger partial charge >= 0.3 is 6.18 Å². The summed E-state index contributed by atoms with van der Waals surface area (Å²) in [5.74, 6) is -0.515. The SMILES string of the molecule is CON(C=O)C(O)(C/C=C(\C)NC(=O)c1ccccc1)C(F)(F)F. The Hall–Kier alpha value is -2.39. The summed E-state index contributed by atoms with van der Waals surface area (Å²) in [5, 5.41) is 11.9. The zero-order chi connectivity index (χ0) is 18.4. The Morgan fingerprint density at radius 2 is 1.92 bits per heavy atom. The summed E-state index contributed by atoms with van der Waals surface area (Å²) in [6, 6.07) is 8.05. The normalized spacial score (nSPS) is 14.7. The maximum atomic E-state index is 13.1. The van der Waals surface area contributed by atoms with Crippen molar-refractivity contribution in [2.45, 2.75) is 25.2 Å². The molecule has 0 spiro atoms. The van der Waals surface area contributed by atoms with Crippen molar-refractivity contribution in [2.75, 3.05) is 7.11 Å². The van der Waals surface area contributed by atoms with E-state index in [1.54, 1.807) is 18.2 Å². The van der Waals surface area contributed by atoms with Gasteiger partial charge in [-0.3, -0.25) is 14.4 Å². The Morgan fingerprint density at radius 3 is 2.38 bits per heavy atom. The van der Waals surface area contributed by atoms with Crippen LogP contribution in [0.1, 0.15) is 23.7 Å². The van der Waals surface area contributed by atoms with E-state index in [0.29, 0.717) is 5.56 Å². The van der Waals surface area contributed by atoms with Crippen LogP contribution in [0, 0.1) is 0 Å². The molecule has 1 aromatic rings. The molecule has 0 saturated heterocycles. The molecule has 2 amide bonds. The fourth-order valence-electron chi connectivity index (χ4n) is 1.80. The second-order valence-corrected chi connectivity index (χ2v) is 4.84. The average molecular weight is 346 g/mol. The van der Waals surface area contributed by atoms with Crippen LogP contribution < -0.4 is 5.32 Å². The van der Waals surface area contributed by atoms with E-state index in [1.807, 2.05) is 0 Å². The third-order valence-electron chi connectivity index (χ3n) is 3.15. The predicted molar refractivity (Wildman–Crippen MR) is 78.2 cm³/mol. The van der Waals surface area contributed by atoms with E-state index in [1.165, 1.54) is 19.1 Å². The molecule has 0 radical (unpaired) electrons. The number of carbonyl (C=O) groups is 2. The fraction of sp³-hybridized carbons (Fsp3) is 0.333. The molecular formula is C15H17F3N2O4. The second-order valence-electron chi connectivity index (χ2n) is 4.84. The highest BCUT2D eigenvalue weighted by Crippen LogP contribution is 2.36. The highest BCUT2D eigenvalue weighted by molar-refractivity contribution is 5.95. The van der Waals surface area contributed by atoms with Gasteiger partial charge in [0.25, 0.3) is 11.6 Å². The number of alkyl halides is 3. The smallest absolute Gasteiger partial charge is 0.362 e. The van der Waals surface area contributed by atoms with E-state index in [2.05, 4.69) is 10.2 Å². The number of carbonyl (C=O) groups excluding carboxylic acids is 2. The van der Waals surface area contributed by atoms with Crippen LogP contribution in [0.2, 0.25) is 0 Å². The number of allylic oxidation sites excluding steroid dienone is 1. The van der Waals surface area contributed by atoms with Gasteiger partial charge in [0.1, 0.15) is 0 Å². The van der Waals surface area contributed by atoms with Crippen molar-refractivity contribution in [3.63, 3.8) is 0 Å². The number of benzene rings is 1. The highest BCUT2D eigenvalue weighted by atomic mass is 19.4. The molecule has 1 rings (SSSR count). The lowest BCUT2D eigenvalue weighted by Crippen LogP contribution is -2.57. The van der Waals surface area contributed by atoms with Crippen LogP contribution >= 0.6 is 0 Å². The van der Waals surface area contributed by atoms with Crippen molar-refractivity contribution in [1.82, 2.24) is 10.4 Å². The zero-order valence-corrected chi connectivity index (χ0v) is 13.0. The molecule has 0 aliphatic rings. The van der Waals surface area contributed by atoms with Gasteiger partial charge in [-0.1, -0.05) is 24.3 Å². The summed E-state index contributed by atoms with van der Waals surface area (Å²) < 4.78 is 39.2. The monoisotopic (exact) mass is 346 g/mol. The van der Waals surface area contributed by atoms with Crippen molar-refractivity contribution in [1.29, 1.82) is 0 Å². The van der Waals surface area contributed by atoms with E-state index in [4.69, 9.17) is 0 Å². The predicted octanol–water partition coefficient (Wildman–Crippen LogP) is 1.98. The minimum Gasteiger partial charge on any atom is -0.362 e. The summed E-state index contributed by atoms with van der Waals surface area (Å²) >= 11 is 0. The van der Waals surface area contributed by atoms with Gasteiger partial charge in [0.05, 0.1) is 7.11 Å². The summed E-state index contributed by atoms with van der Waals surface area (Å²) in [7, 11) is 0.818. The van der Waals surface area contributed by atoms with Crippen LogP contribution in [0.15, 0.2) is 42.1 Å². The topological polar surface area (TPSA) is 78.9 Å². The van der Waals surface area contributed by atoms with E-state index < -0.39 is 24.2 Å². The number of halogens is 3. The van der Waals surface area contributed by atoms with Crippen molar-refractivity contribution in [2.24, 2.45) is 0 Å². The molecule has 24 heavy (non-hydrogen) atoms. The molecule has 0 saturated carbocycles. The molecule has 0 bridgehead atoms. The van der Waals surface area contributed by atoms with E-state index >= 15 is 0 Å². The molecule has 132 valence electrons. The van der Waals surface area contributed by atoms with Gasteiger partial charge in [-0.15, -0.1) is 0 Å². The van der Waals surface area contributed by atoms with E-state index in [-0.39, 0.29) is 17.2 Å². The standard InChI is InChI=1S/C15H17F3N2O4/c1-11(19-13(22)12-6-4-3-5-7-12)8-9-14(23,15(16,17)18)20(10-21)24-2/h3-8,10,23H,9H2,1-2H3,(H,19,22)/b11-8+. The first kappa shape index (κ1) is 19.7. The maximum absolute atomic E-state index is 13.1. The number of amides is 2. The summed E-state index contributed by atoms with van der Waals surface area (Å²) in [5.41, 5.74) is -3.15. The third kappa shape index (κ3) is 4.56. The number of nitrogens with one attached hydrogen (secondary N) is 1. The second kappa shape index (κ2) is 7.93. The first-order valence-corrected chi connectivity index (χ1v) is 6.76. The molecule has 1 atom stereocenters. The van der Waals surface area contributed by atoms with Crippen LogP contribution in [0.25, 0.3) is 0 Å². The maximum Gasteiger partial charge on any atom is 0.439 e. The number of aliphatic hydroxyl groups is 1. The Morgan fingerprint density at radius 1 is 1.33 bits per heavy atom. The van der Waals surface area contributed by atoms with Gasteiger partial charge in [-0.05, 0) is 19.1 Å². The van der Waals surface area contributed by atoms with Gasteiger partial charge in [0, 0.05) is 17.7 Å². The number of hydroxylamine groups is 2. The van der Waals surface area contributed by atoms with E-state index in [9.17, 15) is 27.9 Å². The van der Waals surface area contributed by atoms with Crippen molar-refractivity contribution in [3.8, 4) is 0 Å². The third-order valence-corrected chi connectivity index (χ3v) is 3.15. The summed E-state index contributed by atoms with van der Waals surface area (Å²) in [6.45, 7) is 1.36. The van der Waals surface area contributed by atoms with Crippen molar-refractivity contribution < 1.29 is 32.7 Å². The number of hydrogen-bond donors (Lipinski definition) is 2. The lowest BCUT2D eigenvalue weighted by molar-refractivity contribution is -0.366. The van der Waals surface area contributed by atoms with Crippen LogP contribution in [-0.2, 0) is 9.63 Å². The first-order valence-electron chi connectivity index (χ1n) is 6.76. The van der Waals surface area contributed by atoms with Gasteiger partial charge in [0.15, 0.2) is 0 Å². The first-order chi connectivity index (χ1) is 11.2. The highest BCUT2D eigenvalue weighted by Gasteiger charge is 2.58. The lowest BCUT2D eigenvalue weighted by atomic mass is 10.1. The Labute approximate surface area is 136 Å². The number of rotatable bonds is 7. The average Bonchev–Trinajstić information content (AvgIpc) is 2.53. The Bertz CT molecular complexity index is 604. The Kier molecular flexibility index (Phi) is 6.50. The van der Waals surface area contributed by atoms with Gasteiger partial charge < -0.3 is 10.4 Å². The molecule has 0 heterocycles. The van der Waals surface area contributed by atoms with Crippen LogP contribution in [0.3, 0.4) is 0 Å². The van der Waals surface area contributed by atoms with Crippen LogP contribution in [0.4, 0.5) is 13.2 Å². The number of hydrogen-bond acceptors (Lipinski definition) is 4.